The first kappa shape index (κ1) is 16.3. The molecule has 0 amide bonds. The molecular weight excluding hydrogens is 248 g/mol. The second-order valence-corrected chi connectivity index (χ2v) is 7.89. The van der Waals surface area contributed by atoms with Gasteiger partial charge in [-0.3, -0.25) is 4.90 Å². The van der Waals surface area contributed by atoms with Crippen molar-refractivity contribution in [2.45, 2.75) is 71.4 Å². The maximum Gasteiger partial charge on any atom is 0.0472 e. The second-order valence-electron chi connectivity index (χ2n) is 7.89. The lowest BCUT2D eigenvalue weighted by Gasteiger charge is -2.43. The Balaban J connectivity index is 1.99. The lowest BCUT2D eigenvalue weighted by molar-refractivity contribution is -0.00933. The van der Waals surface area contributed by atoms with Gasteiger partial charge in [0, 0.05) is 37.9 Å². The lowest BCUT2D eigenvalue weighted by atomic mass is 9.78. The van der Waals surface area contributed by atoms with E-state index in [4.69, 9.17) is 4.74 Å². The van der Waals surface area contributed by atoms with Gasteiger partial charge in [0.25, 0.3) is 0 Å². The molecule has 118 valence electrons. The van der Waals surface area contributed by atoms with E-state index in [1.807, 2.05) is 0 Å². The number of nitrogens with one attached hydrogen (secondary N) is 1. The number of ether oxygens (including phenoxy) is 1. The molecule has 0 radical (unpaired) electrons. The van der Waals surface area contributed by atoms with Crippen molar-refractivity contribution in [1.82, 2.24) is 10.2 Å². The predicted octanol–water partition coefficient (Wildman–Crippen LogP) is 3.05. The highest BCUT2D eigenvalue weighted by Gasteiger charge is 2.37. The van der Waals surface area contributed by atoms with E-state index in [-0.39, 0.29) is 5.54 Å². The van der Waals surface area contributed by atoms with Crippen molar-refractivity contribution >= 4 is 0 Å². The quantitative estimate of drug-likeness (QED) is 0.839. The third-order valence-corrected chi connectivity index (χ3v) is 5.06. The summed E-state index contributed by atoms with van der Waals surface area (Å²) in [6, 6.07) is 0.823. The summed E-state index contributed by atoms with van der Waals surface area (Å²) in [6.07, 6.45) is 6.51. The number of nitrogens with zero attached hydrogens (tertiary/aromatic N) is 1. The molecular formula is C17H34N2O. The molecule has 2 aliphatic heterocycles. The first-order valence-electron chi connectivity index (χ1n) is 8.51. The second kappa shape index (κ2) is 6.76. The van der Waals surface area contributed by atoms with E-state index in [0.717, 1.165) is 25.8 Å². The zero-order valence-corrected chi connectivity index (χ0v) is 14.0. The highest BCUT2D eigenvalue weighted by molar-refractivity contribution is 4.92. The van der Waals surface area contributed by atoms with Crippen LogP contribution in [0.2, 0.25) is 0 Å². The summed E-state index contributed by atoms with van der Waals surface area (Å²) in [6.45, 7) is 14.7. The molecule has 1 unspecified atom stereocenters. The topological polar surface area (TPSA) is 24.5 Å². The fraction of sp³-hybridized carbons (Fsp3) is 1.00. The van der Waals surface area contributed by atoms with Crippen LogP contribution in [0.4, 0.5) is 0 Å². The van der Waals surface area contributed by atoms with Crippen LogP contribution in [0.5, 0.6) is 0 Å². The highest BCUT2D eigenvalue weighted by atomic mass is 16.5. The first-order valence-corrected chi connectivity index (χ1v) is 8.51. The van der Waals surface area contributed by atoms with Gasteiger partial charge in [-0.05, 0) is 64.8 Å². The lowest BCUT2D eigenvalue weighted by Crippen LogP contribution is -2.51. The molecule has 1 atom stereocenters. The van der Waals surface area contributed by atoms with E-state index in [2.05, 4.69) is 37.9 Å². The van der Waals surface area contributed by atoms with Gasteiger partial charge in [0.1, 0.15) is 0 Å². The van der Waals surface area contributed by atoms with Crippen LogP contribution in [-0.2, 0) is 4.74 Å². The third-order valence-electron chi connectivity index (χ3n) is 5.06. The molecule has 0 aliphatic carbocycles. The molecule has 2 fully saturated rings. The summed E-state index contributed by atoms with van der Waals surface area (Å²) in [5.41, 5.74) is 0.629. The Labute approximate surface area is 125 Å². The van der Waals surface area contributed by atoms with Gasteiger partial charge in [-0.2, -0.15) is 0 Å². The van der Waals surface area contributed by atoms with Gasteiger partial charge in [-0.1, -0.05) is 6.92 Å². The fourth-order valence-electron chi connectivity index (χ4n) is 3.64. The Kier molecular flexibility index (Phi) is 5.49. The summed E-state index contributed by atoms with van der Waals surface area (Å²) < 4.78 is 5.63. The maximum atomic E-state index is 5.63. The van der Waals surface area contributed by atoms with E-state index in [9.17, 15) is 0 Å². The SMILES string of the molecule is CCC1CCCN1CC1(CNC(C)(C)C)CCOCC1. The molecule has 3 nitrogen and oxygen atoms in total. The molecule has 3 heteroatoms. The molecule has 2 rings (SSSR count). The average molecular weight is 282 g/mol. The van der Waals surface area contributed by atoms with Crippen LogP contribution in [0.3, 0.4) is 0 Å². The van der Waals surface area contributed by atoms with Crippen LogP contribution < -0.4 is 5.32 Å². The van der Waals surface area contributed by atoms with E-state index in [0.29, 0.717) is 5.41 Å². The van der Waals surface area contributed by atoms with Crippen LogP contribution >= 0.6 is 0 Å². The van der Waals surface area contributed by atoms with Crippen molar-refractivity contribution < 1.29 is 4.74 Å². The van der Waals surface area contributed by atoms with Gasteiger partial charge in [0.2, 0.25) is 0 Å². The van der Waals surface area contributed by atoms with Gasteiger partial charge >= 0.3 is 0 Å². The van der Waals surface area contributed by atoms with E-state index < -0.39 is 0 Å². The minimum atomic E-state index is 0.209. The Bertz CT molecular complexity index is 292. The molecule has 1 N–H and O–H groups in total. The fourth-order valence-corrected chi connectivity index (χ4v) is 3.64. The summed E-state index contributed by atoms with van der Waals surface area (Å²) in [4.78, 5) is 2.76. The van der Waals surface area contributed by atoms with Gasteiger partial charge in [0.15, 0.2) is 0 Å². The number of rotatable bonds is 5. The molecule has 0 bridgehead atoms. The largest absolute Gasteiger partial charge is 0.381 e. The summed E-state index contributed by atoms with van der Waals surface area (Å²) in [5.74, 6) is 0. The standard InChI is InChI=1S/C17H34N2O/c1-5-15-7-6-10-19(15)14-17(8-11-20-12-9-17)13-18-16(2,3)4/h15,18H,5-14H2,1-4H3. The van der Waals surface area contributed by atoms with Gasteiger partial charge in [-0.25, -0.2) is 0 Å². The summed E-state index contributed by atoms with van der Waals surface area (Å²) >= 11 is 0. The van der Waals surface area contributed by atoms with Crippen LogP contribution in [-0.4, -0.2) is 49.3 Å². The van der Waals surface area contributed by atoms with Crippen LogP contribution in [0.25, 0.3) is 0 Å². The Hall–Kier alpha value is -0.120. The van der Waals surface area contributed by atoms with Crippen molar-refractivity contribution in [3.8, 4) is 0 Å². The Morgan fingerprint density at radius 1 is 1.25 bits per heavy atom. The smallest absolute Gasteiger partial charge is 0.0472 e. The number of likely N-dealkylation sites (tertiary alicyclic amines) is 1. The zero-order chi connectivity index (χ0) is 14.6. The molecule has 0 saturated carbocycles. The van der Waals surface area contributed by atoms with E-state index >= 15 is 0 Å². The summed E-state index contributed by atoms with van der Waals surface area (Å²) in [5, 5.41) is 3.76. The van der Waals surface area contributed by atoms with Crippen molar-refractivity contribution in [3.63, 3.8) is 0 Å². The van der Waals surface area contributed by atoms with E-state index in [1.54, 1.807) is 0 Å². The minimum absolute atomic E-state index is 0.209. The molecule has 0 aromatic heterocycles. The summed E-state index contributed by atoms with van der Waals surface area (Å²) in [7, 11) is 0. The van der Waals surface area contributed by atoms with Crippen molar-refractivity contribution in [2.24, 2.45) is 5.41 Å². The highest BCUT2D eigenvalue weighted by Crippen LogP contribution is 2.34. The van der Waals surface area contributed by atoms with Gasteiger partial charge in [-0.15, -0.1) is 0 Å². The van der Waals surface area contributed by atoms with Crippen molar-refractivity contribution in [2.75, 3.05) is 32.8 Å². The monoisotopic (exact) mass is 282 g/mol. The Morgan fingerprint density at radius 3 is 2.55 bits per heavy atom. The van der Waals surface area contributed by atoms with Crippen LogP contribution in [0, 0.1) is 5.41 Å². The molecule has 2 saturated heterocycles. The number of hydrogen-bond donors (Lipinski definition) is 1. The maximum absolute atomic E-state index is 5.63. The molecule has 2 aliphatic rings. The third kappa shape index (κ3) is 4.44. The molecule has 0 spiro atoms. The molecule has 20 heavy (non-hydrogen) atoms. The van der Waals surface area contributed by atoms with Crippen LogP contribution in [0.1, 0.15) is 59.8 Å². The van der Waals surface area contributed by atoms with Gasteiger partial charge in [0.05, 0.1) is 0 Å². The van der Waals surface area contributed by atoms with E-state index in [1.165, 1.54) is 45.2 Å². The minimum Gasteiger partial charge on any atom is -0.381 e. The molecule has 2 heterocycles. The normalized spacial score (nSPS) is 27.9. The average Bonchev–Trinajstić information content (AvgIpc) is 2.84. The van der Waals surface area contributed by atoms with Crippen LogP contribution in [0.15, 0.2) is 0 Å². The molecule has 0 aromatic rings. The Morgan fingerprint density at radius 2 is 1.95 bits per heavy atom. The zero-order valence-electron chi connectivity index (χ0n) is 14.0. The van der Waals surface area contributed by atoms with Crippen molar-refractivity contribution in [1.29, 1.82) is 0 Å². The van der Waals surface area contributed by atoms with Gasteiger partial charge < -0.3 is 10.1 Å². The molecule has 0 aromatic carbocycles. The van der Waals surface area contributed by atoms with Crippen molar-refractivity contribution in [3.05, 3.63) is 0 Å². The predicted molar refractivity (Wildman–Crippen MR) is 85.1 cm³/mol. The number of hydrogen-bond acceptors (Lipinski definition) is 3. The first-order chi connectivity index (χ1) is 9.44.